The summed E-state index contributed by atoms with van der Waals surface area (Å²) >= 11 is 2.41. The molecule has 2 saturated carbocycles. The molecule has 0 amide bonds. The molecule has 0 heterocycles. The number of alkyl halides is 1. The Labute approximate surface area is 110 Å². The van der Waals surface area contributed by atoms with E-state index in [0.29, 0.717) is 16.6 Å². The third kappa shape index (κ3) is 2.88. The standard InChI is InChI=1S/C12H19IO3/c1-2-15-12(14)8-6-10(13)11(7-8)16-9-4-3-5-9/h8-11H,2-7H2,1H3. The van der Waals surface area contributed by atoms with Crippen LogP contribution in [0.1, 0.15) is 39.0 Å². The van der Waals surface area contributed by atoms with Crippen molar-refractivity contribution < 1.29 is 14.3 Å². The minimum Gasteiger partial charge on any atom is -0.466 e. The lowest BCUT2D eigenvalue weighted by Gasteiger charge is -2.30. The monoisotopic (exact) mass is 338 g/mol. The first-order valence-electron chi connectivity index (χ1n) is 6.17. The lowest BCUT2D eigenvalue weighted by molar-refractivity contribution is -0.148. The molecule has 16 heavy (non-hydrogen) atoms. The van der Waals surface area contributed by atoms with Crippen LogP contribution in [0.3, 0.4) is 0 Å². The van der Waals surface area contributed by atoms with Crippen LogP contribution < -0.4 is 0 Å². The molecule has 2 rings (SSSR count). The van der Waals surface area contributed by atoms with Crippen LogP contribution in [0.25, 0.3) is 0 Å². The molecule has 0 aromatic rings. The van der Waals surface area contributed by atoms with Crippen LogP contribution in [0.15, 0.2) is 0 Å². The largest absolute Gasteiger partial charge is 0.466 e. The summed E-state index contributed by atoms with van der Waals surface area (Å²) in [5, 5.41) is 0. The zero-order valence-corrected chi connectivity index (χ0v) is 11.8. The molecular formula is C12H19IO3. The molecular weight excluding hydrogens is 319 g/mol. The highest BCUT2D eigenvalue weighted by Gasteiger charge is 2.39. The minimum atomic E-state index is -0.0381. The second-order valence-electron chi connectivity index (χ2n) is 4.66. The summed E-state index contributed by atoms with van der Waals surface area (Å²) in [4.78, 5) is 11.6. The van der Waals surface area contributed by atoms with Crippen LogP contribution in [-0.4, -0.2) is 28.7 Å². The van der Waals surface area contributed by atoms with Gasteiger partial charge in [-0.3, -0.25) is 4.79 Å². The van der Waals surface area contributed by atoms with Gasteiger partial charge in [-0.1, -0.05) is 22.6 Å². The lowest BCUT2D eigenvalue weighted by Crippen LogP contribution is -2.30. The van der Waals surface area contributed by atoms with Crippen LogP contribution in [0.5, 0.6) is 0 Å². The van der Waals surface area contributed by atoms with E-state index in [-0.39, 0.29) is 18.0 Å². The van der Waals surface area contributed by atoms with Crippen molar-refractivity contribution in [3.05, 3.63) is 0 Å². The Balaban J connectivity index is 1.80. The van der Waals surface area contributed by atoms with Crippen molar-refractivity contribution in [2.45, 2.75) is 55.2 Å². The predicted molar refractivity (Wildman–Crippen MR) is 69.7 cm³/mol. The Morgan fingerprint density at radius 3 is 2.69 bits per heavy atom. The molecule has 0 aliphatic heterocycles. The van der Waals surface area contributed by atoms with Crippen LogP contribution in [-0.2, 0) is 14.3 Å². The summed E-state index contributed by atoms with van der Waals surface area (Å²) < 4.78 is 11.5. The Hall–Kier alpha value is 0.160. The fourth-order valence-corrected chi connectivity index (χ4v) is 3.37. The predicted octanol–water partition coefficient (Wildman–Crippen LogP) is 2.70. The van der Waals surface area contributed by atoms with Crippen molar-refractivity contribution in [1.82, 2.24) is 0 Å². The van der Waals surface area contributed by atoms with Crippen LogP contribution in [0.4, 0.5) is 0 Å². The molecule has 3 atom stereocenters. The first-order chi connectivity index (χ1) is 7.70. The number of carbonyl (C=O) groups is 1. The van der Waals surface area contributed by atoms with Crippen molar-refractivity contribution >= 4 is 28.6 Å². The van der Waals surface area contributed by atoms with Gasteiger partial charge >= 0.3 is 5.97 Å². The van der Waals surface area contributed by atoms with Gasteiger partial charge in [0.1, 0.15) is 0 Å². The summed E-state index contributed by atoms with van der Waals surface area (Å²) in [7, 11) is 0. The van der Waals surface area contributed by atoms with Gasteiger partial charge in [-0.25, -0.2) is 0 Å². The summed E-state index contributed by atoms with van der Waals surface area (Å²) in [5.41, 5.74) is 0. The highest BCUT2D eigenvalue weighted by molar-refractivity contribution is 14.1. The van der Waals surface area contributed by atoms with E-state index in [9.17, 15) is 4.79 Å². The summed E-state index contributed by atoms with van der Waals surface area (Å²) in [6.07, 6.45) is 6.18. The van der Waals surface area contributed by atoms with Gasteiger partial charge < -0.3 is 9.47 Å². The molecule has 92 valence electrons. The maximum absolute atomic E-state index is 11.6. The van der Waals surface area contributed by atoms with Crippen LogP contribution in [0, 0.1) is 5.92 Å². The third-order valence-corrected chi connectivity index (χ3v) is 4.78. The van der Waals surface area contributed by atoms with Crippen molar-refractivity contribution in [3.63, 3.8) is 0 Å². The van der Waals surface area contributed by atoms with Crippen molar-refractivity contribution in [3.8, 4) is 0 Å². The molecule has 0 bridgehead atoms. The maximum atomic E-state index is 11.6. The Bertz CT molecular complexity index is 253. The summed E-state index contributed by atoms with van der Waals surface area (Å²) in [6.45, 7) is 2.34. The van der Waals surface area contributed by atoms with Gasteiger partial charge in [0, 0.05) is 3.92 Å². The molecule has 2 aliphatic carbocycles. The fraction of sp³-hybridized carbons (Fsp3) is 0.917. The van der Waals surface area contributed by atoms with Crippen LogP contribution >= 0.6 is 22.6 Å². The molecule has 0 aromatic heterocycles. The number of hydrogen-bond acceptors (Lipinski definition) is 3. The number of carbonyl (C=O) groups excluding carboxylic acids is 1. The molecule has 4 heteroatoms. The van der Waals surface area contributed by atoms with Gasteiger partial charge in [0.2, 0.25) is 0 Å². The molecule has 0 aromatic carbocycles. The minimum absolute atomic E-state index is 0.0381. The quantitative estimate of drug-likeness (QED) is 0.449. The van der Waals surface area contributed by atoms with Gasteiger partial charge in [0.15, 0.2) is 0 Å². The van der Waals surface area contributed by atoms with Gasteiger partial charge in [0.05, 0.1) is 24.7 Å². The van der Waals surface area contributed by atoms with E-state index in [1.54, 1.807) is 0 Å². The van der Waals surface area contributed by atoms with E-state index in [1.165, 1.54) is 19.3 Å². The van der Waals surface area contributed by atoms with E-state index in [1.807, 2.05) is 6.92 Å². The van der Waals surface area contributed by atoms with E-state index in [4.69, 9.17) is 9.47 Å². The molecule has 3 nitrogen and oxygen atoms in total. The van der Waals surface area contributed by atoms with E-state index >= 15 is 0 Å². The van der Waals surface area contributed by atoms with Gasteiger partial charge in [-0.2, -0.15) is 0 Å². The molecule has 2 aliphatic rings. The van der Waals surface area contributed by atoms with Crippen molar-refractivity contribution in [2.75, 3.05) is 6.61 Å². The van der Waals surface area contributed by atoms with Crippen molar-refractivity contribution in [1.29, 1.82) is 0 Å². The third-order valence-electron chi connectivity index (χ3n) is 3.47. The highest BCUT2D eigenvalue weighted by atomic mass is 127. The maximum Gasteiger partial charge on any atom is 0.309 e. The topological polar surface area (TPSA) is 35.5 Å². The number of esters is 1. The fourth-order valence-electron chi connectivity index (χ4n) is 2.30. The Kier molecular flexibility index (Phi) is 4.47. The normalized spacial score (nSPS) is 34.8. The van der Waals surface area contributed by atoms with Gasteiger partial charge in [0.25, 0.3) is 0 Å². The van der Waals surface area contributed by atoms with E-state index in [2.05, 4.69) is 22.6 Å². The van der Waals surface area contributed by atoms with E-state index in [0.717, 1.165) is 12.8 Å². The van der Waals surface area contributed by atoms with E-state index < -0.39 is 0 Å². The molecule has 2 fully saturated rings. The highest BCUT2D eigenvalue weighted by Crippen LogP contribution is 2.37. The SMILES string of the molecule is CCOC(=O)C1CC(I)C(OC2CCC2)C1. The summed E-state index contributed by atoms with van der Waals surface area (Å²) in [5.74, 6) is 0.0239. The van der Waals surface area contributed by atoms with Gasteiger partial charge in [-0.05, 0) is 39.0 Å². The molecule has 3 unspecified atom stereocenters. The number of ether oxygens (including phenoxy) is 2. The second-order valence-corrected chi connectivity index (χ2v) is 6.26. The first-order valence-corrected chi connectivity index (χ1v) is 7.41. The molecule has 0 saturated heterocycles. The zero-order chi connectivity index (χ0) is 11.5. The summed E-state index contributed by atoms with van der Waals surface area (Å²) in [6, 6.07) is 0. The number of hydrogen-bond donors (Lipinski definition) is 0. The lowest BCUT2D eigenvalue weighted by atomic mass is 9.96. The second kappa shape index (κ2) is 5.67. The molecule has 0 spiro atoms. The smallest absolute Gasteiger partial charge is 0.309 e. The average Bonchev–Trinajstić information content (AvgIpc) is 2.54. The van der Waals surface area contributed by atoms with Gasteiger partial charge in [-0.15, -0.1) is 0 Å². The molecule has 0 radical (unpaired) electrons. The average molecular weight is 338 g/mol. The Morgan fingerprint density at radius 2 is 2.12 bits per heavy atom. The van der Waals surface area contributed by atoms with Crippen molar-refractivity contribution in [2.24, 2.45) is 5.92 Å². The zero-order valence-electron chi connectivity index (χ0n) is 9.65. The molecule has 0 N–H and O–H groups in total. The number of rotatable bonds is 4. The number of halogens is 1. The van der Waals surface area contributed by atoms with Crippen LogP contribution in [0.2, 0.25) is 0 Å². The Morgan fingerprint density at radius 1 is 1.38 bits per heavy atom. The first kappa shape index (κ1) is 12.6.